The number of nitrogens with one attached hydrogen (secondary N) is 3. The van der Waals surface area contributed by atoms with Gasteiger partial charge in [0.25, 0.3) is 0 Å². The van der Waals surface area contributed by atoms with E-state index < -0.39 is 0 Å². The van der Waals surface area contributed by atoms with Gasteiger partial charge in [-0.15, -0.1) is 0 Å². The van der Waals surface area contributed by atoms with E-state index in [0.717, 1.165) is 5.69 Å². The van der Waals surface area contributed by atoms with Gasteiger partial charge in [-0.05, 0) is 41.3 Å². The van der Waals surface area contributed by atoms with Crippen molar-refractivity contribution < 1.29 is 14.3 Å². The van der Waals surface area contributed by atoms with Gasteiger partial charge in [0.15, 0.2) is 0 Å². The molecule has 2 amide bonds. The molecule has 3 N–H and O–H groups in total. The minimum Gasteiger partial charge on any atom is -0.495 e. The molecule has 0 radical (unpaired) electrons. The van der Waals surface area contributed by atoms with Gasteiger partial charge in [0.1, 0.15) is 5.75 Å². The maximum atomic E-state index is 12.2. The lowest BCUT2D eigenvalue weighted by molar-refractivity contribution is -0.115. The molecule has 0 atom stereocenters. The molecule has 27 heavy (non-hydrogen) atoms. The molecule has 0 aromatic heterocycles. The Hall–Kier alpha value is -3.02. The van der Waals surface area contributed by atoms with Crippen molar-refractivity contribution >= 4 is 28.9 Å². The topological polar surface area (TPSA) is 79.5 Å². The fraction of sp³-hybridized carbons (Fsp3) is 0.333. The smallest absolute Gasteiger partial charge is 0.243 e. The molecule has 2 aromatic carbocycles. The molecule has 0 saturated carbocycles. The van der Waals surface area contributed by atoms with E-state index in [1.54, 1.807) is 25.3 Å². The summed E-state index contributed by atoms with van der Waals surface area (Å²) in [5.74, 6) is 0.250. The number of rotatable bonds is 6. The molecule has 0 aliphatic rings. The lowest BCUT2D eigenvalue weighted by Crippen LogP contribution is -2.22. The zero-order valence-corrected chi connectivity index (χ0v) is 16.5. The molecule has 0 heterocycles. The maximum Gasteiger partial charge on any atom is 0.243 e. The molecule has 0 aliphatic carbocycles. The van der Waals surface area contributed by atoms with E-state index in [1.807, 2.05) is 24.3 Å². The summed E-state index contributed by atoms with van der Waals surface area (Å²) in [6.45, 7) is 7.95. The second-order valence-electron chi connectivity index (χ2n) is 7.33. The van der Waals surface area contributed by atoms with Crippen LogP contribution in [-0.2, 0) is 15.0 Å². The van der Waals surface area contributed by atoms with Crippen LogP contribution in [0.2, 0.25) is 0 Å². The summed E-state index contributed by atoms with van der Waals surface area (Å²) in [4.78, 5) is 23.5. The van der Waals surface area contributed by atoms with Gasteiger partial charge in [-0.3, -0.25) is 9.59 Å². The van der Waals surface area contributed by atoms with Gasteiger partial charge in [0, 0.05) is 18.3 Å². The second-order valence-corrected chi connectivity index (χ2v) is 7.33. The Morgan fingerprint density at radius 3 is 2.15 bits per heavy atom. The SMILES string of the molecule is COc1ccc(NC(C)=O)cc1NCC(=O)Nc1ccc(C(C)(C)C)cc1. The van der Waals surface area contributed by atoms with E-state index in [-0.39, 0.29) is 23.8 Å². The van der Waals surface area contributed by atoms with Crippen LogP contribution in [0.25, 0.3) is 0 Å². The number of carbonyl (C=O) groups excluding carboxylic acids is 2. The van der Waals surface area contributed by atoms with Gasteiger partial charge in [-0.25, -0.2) is 0 Å². The highest BCUT2D eigenvalue weighted by Crippen LogP contribution is 2.28. The lowest BCUT2D eigenvalue weighted by atomic mass is 9.87. The fourth-order valence-corrected chi connectivity index (χ4v) is 2.56. The predicted octanol–water partition coefficient (Wildman–Crippen LogP) is 4.00. The Balaban J connectivity index is 1.99. The summed E-state index contributed by atoms with van der Waals surface area (Å²) in [5.41, 5.74) is 3.28. The average molecular weight is 369 g/mol. The molecular weight excluding hydrogens is 342 g/mol. The van der Waals surface area contributed by atoms with E-state index in [9.17, 15) is 9.59 Å². The first-order valence-corrected chi connectivity index (χ1v) is 8.79. The van der Waals surface area contributed by atoms with Crippen LogP contribution in [0.1, 0.15) is 33.3 Å². The van der Waals surface area contributed by atoms with Crippen molar-refractivity contribution in [3.63, 3.8) is 0 Å². The molecule has 6 heteroatoms. The molecule has 0 bridgehead atoms. The Labute approximate surface area is 160 Å². The minimum absolute atomic E-state index is 0.0690. The molecule has 0 unspecified atom stereocenters. The number of benzene rings is 2. The quantitative estimate of drug-likeness (QED) is 0.719. The summed E-state index contributed by atoms with van der Waals surface area (Å²) in [6.07, 6.45) is 0. The van der Waals surface area contributed by atoms with Gasteiger partial charge < -0.3 is 20.7 Å². The van der Waals surface area contributed by atoms with Gasteiger partial charge in [0.05, 0.1) is 19.3 Å². The first-order valence-electron chi connectivity index (χ1n) is 8.79. The van der Waals surface area contributed by atoms with Crippen molar-refractivity contribution in [1.82, 2.24) is 0 Å². The highest BCUT2D eigenvalue weighted by Gasteiger charge is 2.13. The zero-order chi connectivity index (χ0) is 20.0. The van der Waals surface area contributed by atoms with E-state index in [2.05, 4.69) is 36.7 Å². The molecule has 0 aliphatic heterocycles. The maximum absolute atomic E-state index is 12.2. The number of amides is 2. The van der Waals surface area contributed by atoms with E-state index in [1.165, 1.54) is 12.5 Å². The highest BCUT2D eigenvalue weighted by molar-refractivity contribution is 5.94. The summed E-state index contributed by atoms with van der Waals surface area (Å²) < 4.78 is 5.29. The van der Waals surface area contributed by atoms with Gasteiger partial charge in [-0.2, -0.15) is 0 Å². The monoisotopic (exact) mass is 369 g/mol. The van der Waals surface area contributed by atoms with Crippen LogP contribution < -0.4 is 20.7 Å². The third-order valence-corrected chi connectivity index (χ3v) is 3.99. The summed E-state index contributed by atoms with van der Waals surface area (Å²) in [7, 11) is 1.55. The number of hydrogen-bond acceptors (Lipinski definition) is 4. The highest BCUT2D eigenvalue weighted by atomic mass is 16.5. The molecule has 0 saturated heterocycles. The van der Waals surface area contributed by atoms with E-state index in [0.29, 0.717) is 17.1 Å². The summed E-state index contributed by atoms with van der Waals surface area (Å²) in [6, 6.07) is 13.0. The Morgan fingerprint density at radius 1 is 0.963 bits per heavy atom. The molecule has 6 nitrogen and oxygen atoms in total. The molecule has 0 spiro atoms. The van der Waals surface area contributed by atoms with Gasteiger partial charge in [-0.1, -0.05) is 32.9 Å². The molecule has 144 valence electrons. The lowest BCUT2D eigenvalue weighted by Gasteiger charge is -2.19. The predicted molar refractivity (Wildman–Crippen MR) is 110 cm³/mol. The van der Waals surface area contributed by atoms with Crippen LogP contribution in [-0.4, -0.2) is 25.5 Å². The first-order chi connectivity index (χ1) is 12.7. The fourth-order valence-electron chi connectivity index (χ4n) is 2.56. The van der Waals surface area contributed by atoms with Gasteiger partial charge >= 0.3 is 0 Å². The van der Waals surface area contributed by atoms with Crippen molar-refractivity contribution in [2.24, 2.45) is 0 Å². The number of methoxy groups -OCH3 is 1. The molecular formula is C21H27N3O3. The van der Waals surface area contributed by atoms with Crippen molar-refractivity contribution in [3.05, 3.63) is 48.0 Å². The minimum atomic E-state index is -0.175. The summed E-state index contributed by atoms with van der Waals surface area (Å²) in [5, 5.41) is 8.61. The van der Waals surface area contributed by atoms with Crippen LogP contribution in [0.4, 0.5) is 17.1 Å². The van der Waals surface area contributed by atoms with Crippen LogP contribution in [0.5, 0.6) is 5.75 Å². The van der Waals surface area contributed by atoms with Gasteiger partial charge in [0.2, 0.25) is 11.8 Å². The third kappa shape index (κ3) is 6.02. The average Bonchev–Trinajstić information content (AvgIpc) is 2.59. The second kappa shape index (κ2) is 8.58. The molecule has 2 rings (SSSR count). The van der Waals surface area contributed by atoms with Crippen molar-refractivity contribution in [2.45, 2.75) is 33.1 Å². The van der Waals surface area contributed by atoms with Crippen LogP contribution in [0.3, 0.4) is 0 Å². The van der Waals surface area contributed by atoms with Crippen LogP contribution in [0.15, 0.2) is 42.5 Å². The first kappa shape index (κ1) is 20.3. The Bertz CT molecular complexity index is 808. The number of anilines is 3. The van der Waals surface area contributed by atoms with E-state index in [4.69, 9.17) is 4.74 Å². The Morgan fingerprint density at radius 2 is 1.59 bits per heavy atom. The normalized spacial score (nSPS) is 10.9. The third-order valence-electron chi connectivity index (χ3n) is 3.99. The van der Waals surface area contributed by atoms with Crippen LogP contribution in [0, 0.1) is 0 Å². The zero-order valence-electron chi connectivity index (χ0n) is 16.5. The van der Waals surface area contributed by atoms with Crippen molar-refractivity contribution in [2.75, 3.05) is 29.6 Å². The number of carbonyl (C=O) groups is 2. The van der Waals surface area contributed by atoms with Crippen molar-refractivity contribution in [3.8, 4) is 5.75 Å². The molecule has 0 fully saturated rings. The van der Waals surface area contributed by atoms with E-state index >= 15 is 0 Å². The Kier molecular flexibility index (Phi) is 6.45. The number of ether oxygens (including phenoxy) is 1. The molecule has 2 aromatic rings. The largest absolute Gasteiger partial charge is 0.495 e. The summed E-state index contributed by atoms with van der Waals surface area (Å²) >= 11 is 0. The number of hydrogen-bond donors (Lipinski definition) is 3. The van der Waals surface area contributed by atoms with Crippen molar-refractivity contribution in [1.29, 1.82) is 0 Å². The van der Waals surface area contributed by atoms with Crippen LogP contribution >= 0.6 is 0 Å². The standard InChI is InChI=1S/C21H27N3O3/c1-14(25)23-17-10-11-19(27-5)18(12-17)22-13-20(26)24-16-8-6-15(7-9-16)21(2,3)4/h6-12,22H,13H2,1-5H3,(H,23,25)(H,24,26).